The van der Waals surface area contributed by atoms with E-state index < -0.39 is 0 Å². The molecule has 1 aliphatic heterocycles. The molecular weight excluding hydrogens is 266 g/mol. The van der Waals surface area contributed by atoms with Crippen molar-refractivity contribution in [1.29, 1.82) is 0 Å². The zero-order chi connectivity index (χ0) is 15.6. The number of hydrogen-bond acceptors (Lipinski definition) is 3. The second kappa shape index (κ2) is 6.16. The lowest BCUT2D eigenvalue weighted by molar-refractivity contribution is -0.0667. The van der Waals surface area contributed by atoms with Gasteiger partial charge in [-0.3, -0.25) is 4.79 Å². The van der Waals surface area contributed by atoms with Crippen LogP contribution in [-0.4, -0.2) is 47.8 Å². The van der Waals surface area contributed by atoms with Crippen LogP contribution in [0.4, 0.5) is 0 Å². The molecular formula is C17H25NO3. The van der Waals surface area contributed by atoms with E-state index in [-0.39, 0.29) is 30.1 Å². The van der Waals surface area contributed by atoms with Gasteiger partial charge in [0.25, 0.3) is 5.91 Å². The van der Waals surface area contributed by atoms with Crippen LogP contribution in [0.5, 0.6) is 0 Å². The zero-order valence-electron chi connectivity index (χ0n) is 13.3. The maximum atomic E-state index is 12.9. The Kier molecular flexibility index (Phi) is 4.69. The van der Waals surface area contributed by atoms with Crippen LogP contribution in [0.3, 0.4) is 0 Å². The van der Waals surface area contributed by atoms with Crippen molar-refractivity contribution in [3.63, 3.8) is 0 Å². The van der Waals surface area contributed by atoms with Gasteiger partial charge in [0.1, 0.15) is 0 Å². The van der Waals surface area contributed by atoms with Crippen molar-refractivity contribution in [2.75, 3.05) is 19.8 Å². The first-order chi connectivity index (χ1) is 9.84. The largest absolute Gasteiger partial charge is 0.394 e. The van der Waals surface area contributed by atoms with Crippen LogP contribution in [0.2, 0.25) is 0 Å². The molecule has 2 unspecified atom stereocenters. The van der Waals surface area contributed by atoms with Gasteiger partial charge in [0.05, 0.1) is 25.4 Å². The number of morpholine rings is 1. The first-order valence-electron chi connectivity index (χ1n) is 7.47. The van der Waals surface area contributed by atoms with Crippen molar-refractivity contribution in [2.24, 2.45) is 0 Å². The Morgan fingerprint density at radius 3 is 2.67 bits per heavy atom. The zero-order valence-corrected chi connectivity index (χ0v) is 13.3. The molecule has 1 aromatic rings. The highest BCUT2D eigenvalue weighted by Gasteiger charge is 2.32. The highest BCUT2D eigenvalue weighted by molar-refractivity contribution is 5.96. The Bertz CT molecular complexity index is 507. The van der Waals surface area contributed by atoms with Crippen LogP contribution < -0.4 is 0 Å². The number of aliphatic hydroxyl groups is 1. The van der Waals surface area contributed by atoms with Crippen molar-refractivity contribution in [3.05, 3.63) is 35.4 Å². The average molecular weight is 291 g/mol. The first-order valence-corrected chi connectivity index (χ1v) is 7.47. The third kappa shape index (κ3) is 3.44. The number of amides is 1. The summed E-state index contributed by atoms with van der Waals surface area (Å²) in [6, 6.07) is 7.79. The summed E-state index contributed by atoms with van der Waals surface area (Å²) in [5.74, 6) is 0.0229. The topological polar surface area (TPSA) is 49.8 Å². The lowest BCUT2D eigenvalue weighted by atomic mass is 9.83. The van der Waals surface area contributed by atoms with Crippen molar-refractivity contribution in [1.82, 2.24) is 4.90 Å². The van der Waals surface area contributed by atoms with Gasteiger partial charge in [-0.05, 0) is 24.0 Å². The fraction of sp³-hybridized carbons (Fsp3) is 0.588. The highest BCUT2D eigenvalue weighted by Crippen LogP contribution is 2.27. The SMILES string of the molecule is CC1COC(CO)CN1C(=O)c1ccccc1C(C)(C)C. The Hall–Kier alpha value is -1.39. The van der Waals surface area contributed by atoms with E-state index in [2.05, 4.69) is 20.8 Å². The summed E-state index contributed by atoms with van der Waals surface area (Å²) in [4.78, 5) is 14.7. The molecule has 1 aliphatic rings. The maximum Gasteiger partial charge on any atom is 0.254 e. The quantitative estimate of drug-likeness (QED) is 0.909. The minimum absolute atomic E-state index is 0.0216. The average Bonchev–Trinajstić information content (AvgIpc) is 2.46. The maximum absolute atomic E-state index is 12.9. The van der Waals surface area contributed by atoms with E-state index in [1.54, 1.807) is 0 Å². The van der Waals surface area contributed by atoms with Gasteiger partial charge in [-0.25, -0.2) is 0 Å². The summed E-state index contributed by atoms with van der Waals surface area (Å²) in [6.07, 6.45) is -0.285. The summed E-state index contributed by atoms with van der Waals surface area (Å²) in [7, 11) is 0. The molecule has 0 radical (unpaired) electrons. The molecule has 2 rings (SSSR count). The highest BCUT2D eigenvalue weighted by atomic mass is 16.5. The molecule has 21 heavy (non-hydrogen) atoms. The summed E-state index contributed by atoms with van der Waals surface area (Å²) in [5, 5.41) is 9.27. The molecule has 1 heterocycles. The lowest BCUT2D eigenvalue weighted by Crippen LogP contribution is -2.52. The van der Waals surface area contributed by atoms with Gasteiger partial charge in [-0.2, -0.15) is 0 Å². The molecule has 0 aromatic heterocycles. The van der Waals surface area contributed by atoms with Crippen molar-refractivity contribution >= 4 is 5.91 Å². The fourth-order valence-corrected chi connectivity index (χ4v) is 2.69. The summed E-state index contributed by atoms with van der Waals surface area (Å²) < 4.78 is 5.51. The van der Waals surface area contributed by atoms with E-state index in [0.29, 0.717) is 13.2 Å². The molecule has 1 fully saturated rings. The molecule has 4 nitrogen and oxygen atoms in total. The predicted molar refractivity (Wildman–Crippen MR) is 82.5 cm³/mol. The van der Waals surface area contributed by atoms with Gasteiger partial charge in [0, 0.05) is 12.1 Å². The standard InChI is InChI=1S/C17H25NO3/c1-12-11-21-13(10-19)9-18(12)16(20)14-7-5-6-8-15(14)17(2,3)4/h5-8,12-13,19H,9-11H2,1-4H3. The minimum Gasteiger partial charge on any atom is -0.394 e. The number of carbonyl (C=O) groups is 1. The van der Waals surface area contributed by atoms with E-state index in [1.165, 1.54) is 0 Å². The second-order valence-corrected chi connectivity index (χ2v) is 6.74. The normalized spacial score (nSPS) is 23.2. The third-order valence-corrected chi connectivity index (χ3v) is 3.94. The van der Waals surface area contributed by atoms with Crippen LogP contribution in [-0.2, 0) is 10.2 Å². The van der Waals surface area contributed by atoms with Crippen LogP contribution >= 0.6 is 0 Å². The number of rotatable bonds is 2. The van der Waals surface area contributed by atoms with Gasteiger partial charge in [0.2, 0.25) is 0 Å². The van der Waals surface area contributed by atoms with E-state index in [1.807, 2.05) is 36.1 Å². The molecule has 1 amide bonds. The molecule has 0 saturated carbocycles. The molecule has 0 bridgehead atoms. The van der Waals surface area contributed by atoms with Crippen LogP contribution in [0, 0.1) is 0 Å². The number of hydrogen-bond donors (Lipinski definition) is 1. The van der Waals surface area contributed by atoms with Gasteiger partial charge in [0.15, 0.2) is 0 Å². The molecule has 116 valence electrons. The number of benzene rings is 1. The van der Waals surface area contributed by atoms with Gasteiger partial charge < -0.3 is 14.7 Å². The Morgan fingerprint density at radius 2 is 2.05 bits per heavy atom. The minimum atomic E-state index is -0.285. The predicted octanol–water partition coefficient (Wildman–Crippen LogP) is 2.21. The van der Waals surface area contributed by atoms with Crippen LogP contribution in [0.1, 0.15) is 43.6 Å². The molecule has 1 saturated heterocycles. The first kappa shape index (κ1) is 16.0. The van der Waals surface area contributed by atoms with E-state index in [0.717, 1.165) is 11.1 Å². The Balaban J connectivity index is 2.31. The van der Waals surface area contributed by atoms with Gasteiger partial charge in [-0.15, -0.1) is 0 Å². The molecule has 1 aromatic carbocycles. The monoisotopic (exact) mass is 291 g/mol. The van der Waals surface area contributed by atoms with Gasteiger partial charge >= 0.3 is 0 Å². The fourth-order valence-electron chi connectivity index (χ4n) is 2.69. The number of ether oxygens (including phenoxy) is 1. The number of carbonyl (C=O) groups excluding carboxylic acids is 1. The molecule has 0 spiro atoms. The summed E-state index contributed by atoms with van der Waals surface area (Å²) >= 11 is 0. The smallest absolute Gasteiger partial charge is 0.254 e. The number of nitrogens with zero attached hydrogens (tertiary/aromatic N) is 1. The molecule has 2 atom stereocenters. The third-order valence-electron chi connectivity index (χ3n) is 3.94. The Labute approximate surface area is 126 Å². The van der Waals surface area contributed by atoms with E-state index >= 15 is 0 Å². The van der Waals surface area contributed by atoms with Gasteiger partial charge in [-0.1, -0.05) is 39.0 Å². The van der Waals surface area contributed by atoms with E-state index in [4.69, 9.17) is 4.74 Å². The van der Waals surface area contributed by atoms with Crippen LogP contribution in [0.15, 0.2) is 24.3 Å². The van der Waals surface area contributed by atoms with E-state index in [9.17, 15) is 9.90 Å². The molecule has 4 heteroatoms. The number of aliphatic hydroxyl groups excluding tert-OH is 1. The summed E-state index contributed by atoms with van der Waals surface area (Å²) in [5.41, 5.74) is 1.71. The van der Waals surface area contributed by atoms with Crippen molar-refractivity contribution in [2.45, 2.75) is 45.3 Å². The summed E-state index contributed by atoms with van der Waals surface area (Å²) in [6.45, 7) is 9.15. The second-order valence-electron chi connectivity index (χ2n) is 6.74. The van der Waals surface area contributed by atoms with Crippen molar-refractivity contribution in [3.8, 4) is 0 Å². The van der Waals surface area contributed by atoms with Crippen LogP contribution in [0.25, 0.3) is 0 Å². The lowest BCUT2D eigenvalue weighted by Gasteiger charge is -2.38. The molecule has 0 aliphatic carbocycles. The molecule has 1 N–H and O–H groups in total. The Morgan fingerprint density at radius 1 is 1.38 bits per heavy atom. The van der Waals surface area contributed by atoms with Crippen molar-refractivity contribution < 1.29 is 14.6 Å².